The van der Waals surface area contributed by atoms with Crippen molar-refractivity contribution >= 4 is 21.3 Å². The number of carbonyl (C=O) groups is 1. The maximum absolute atomic E-state index is 11.4. The normalized spacial score (nSPS) is 21.8. The van der Waals surface area contributed by atoms with Crippen LogP contribution >= 0.6 is 0 Å². The Morgan fingerprint density at radius 3 is 2.61 bits per heavy atom. The molecular formula is C12H16N2O3S. The fourth-order valence-corrected chi connectivity index (χ4v) is 3.87. The minimum absolute atomic E-state index is 0.0000203. The molecule has 1 aromatic heterocycles. The van der Waals surface area contributed by atoms with Gasteiger partial charge in [-0.1, -0.05) is 0 Å². The summed E-state index contributed by atoms with van der Waals surface area (Å²) in [6.45, 7) is 1.47. The molecule has 6 heteroatoms. The first-order valence-corrected chi connectivity index (χ1v) is 7.61. The van der Waals surface area contributed by atoms with Crippen LogP contribution in [0.25, 0.3) is 0 Å². The van der Waals surface area contributed by atoms with E-state index in [9.17, 15) is 13.2 Å². The van der Waals surface area contributed by atoms with Crippen LogP contribution in [-0.4, -0.2) is 43.8 Å². The van der Waals surface area contributed by atoms with Crippen LogP contribution in [0.5, 0.6) is 0 Å². The van der Waals surface area contributed by atoms with Crippen LogP contribution in [0.4, 0.5) is 5.69 Å². The van der Waals surface area contributed by atoms with Gasteiger partial charge in [-0.2, -0.15) is 0 Å². The third-order valence-corrected chi connectivity index (χ3v) is 5.02. The molecule has 98 valence electrons. The number of ketones is 1. The van der Waals surface area contributed by atoms with Crippen molar-refractivity contribution in [3.05, 3.63) is 24.0 Å². The van der Waals surface area contributed by atoms with Gasteiger partial charge in [0.05, 0.1) is 23.4 Å². The predicted molar refractivity (Wildman–Crippen MR) is 69.7 cm³/mol. The molecule has 1 atom stereocenters. The quantitative estimate of drug-likeness (QED) is 0.762. The van der Waals surface area contributed by atoms with Gasteiger partial charge in [0.1, 0.15) is 5.69 Å². The lowest BCUT2D eigenvalue weighted by atomic mass is 10.2. The Kier molecular flexibility index (Phi) is 3.38. The van der Waals surface area contributed by atoms with Crippen molar-refractivity contribution in [3.8, 4) is 0 Å². The van der Waals surface area contributed by atoms with Gasteiger partial charge in [0.25, 0.3) is 0 Å². The Bertz CT molecular complexity index is 551. The Hall–Kier alpha value is -1.43. The average molecular weight is 268 g/mol. The third kappa shape index (κ3) is 2.69. The summed E-state index contributed by atoms with van der Waals surface area (Å²) in [4.78, 5) is 17.1. The summed E-state index contributed by atoms with van der Waals surface area (Å²) in [6, 6.07) is 3.46. The van der Waals surface area contributed by atoms with Crippen LogP contribution in [0.3, 0.4) is 0 Å². The molecule has 0 N–H and O–H groups in total. The van der Waals surface area contributed by atoms with Crippen LogP contribution in [0, 0.1) is 0 Å². The predicted octanol–water partition coefficient (Wildman–Crippen LogP) is 0.908. The van der Waals surface area contributed by atoms with E-state index in [1.54, 1.807) is 18.3 Å². The van der Waals surface area contributed by atoms with E-state index in [0.29, 0.717) is 12.1 Å². The standard InChI is InChI=1S/C12H16N2O3S/c1-9(15)12-4-3-10(7-13-12)14(2)11-5-6-18(16,17)8-11/h3-4,7,11H,5-6,8H2,1-2H3. The summed E-state index contributed by atoms with van der Waals surface area (Å²) in [6.07, 6.45) is 2.26. The van der Waals surface area contributed by atoms with Gasteiger partial charge in [0.15, 0.2) is 15.6 Å². The summed E-state index contributed by atoms with van der Waals surface area (Å²) in [5.41, 5.74) is 1.26. The fourth-order valence-electron chi connectivity index (χ4n) is 2.09. The van der Waals surface area contributed by atoms with Crippen LogP contribution in [0.15, 0.2) is 18.3 Å². The Balaban J connectivity index is 2.14. The van der Waals surface area contributed by atoms with E-state index in [1.165, 1.54) is 6.92 Å². The molecule has 1 aliphatic heterocycles. The highest BCUT2D eigenvalue weighted by molar-refractivity contribution is 7.91. The first-order chi connectivity index (χ1) is 8.39. The molecule has 2 heterocycles. The van der Waals surface area contributed by atoms with Gasteiger partial charge in [-0.25, -0.2) is 8.42 Å². The summed E-state index contributed by atoms with van der Waals surface area (Å²) in [5.74, 6) is 0.367. The highest BCUT2D eigenvalue weighted by Gasteiger charge is 2.30. The molecule has 0 saturated carbocycles. The first kappa shape index (κ1) is 13.0. The molecule has 1 saturated heterocycles. The van der Waals surface area contributed by atoms with Crippen LogP contribution in [-0.2, 0) is 9.84 Å². The van der Waals surface area contributed by atoms with E-state index >= 15 is 0 Å². The monoisotopic (exact) mass is 268 g/mol. The number of anilines is 1. The fraction of sp³-hybridized carbons (Fsp3) is 0.500. The Morgan fingerprint density at radius 2 is 2.17 bits per heavy atom. The molecule has 2 rings (SSSR count). The SMILES string of the molecule is CC(=O)c1ccc(N(C)C2CCS(=O)(=O)C2)cn1. The zero-order chi connectivity index (χ0) is 13.3. The molecule has 0 radical (unpaired) electrons. The van der Waals surface area contributed by atoms with Gasteiger partial charge in [-0.15, -0.1) is 0 Å². The smallest absolute Gasteiger partial charge is 0.178 e. The van der Waals surface area contributed by atoms with E-state index in [4.69, 9.17) is 0 Å². The lowest BCUT2D eigenvalue weighted by Crippen LogP contribution is -2.32. The number of pyridine rings is 1. The zero-order valence-corrected chi connectivity index (χ0v) is 11.3. The van der Waals surface area contributed by atoms with E-state index in [-0.39, 0.29) is 23.3 Å². The van der Waals surface area contributed by atoms with Gasteiger partial charge < -0.3 is 4.90 Å². The molecule has 5 nitrogen and oxygen atoms in total. The van der Waals surface area contributed by atoms with E-state index in [1.807, 2.05) is 11.9 Å². The summed E-state index contributed by atoms with van der Waals surface area (Å²) < 4.78 is 22.9. The number of rotatable bonds is 3. The molecule has 1 aliphatic rings. The molecule has 0 aromatic carbocycles. The molecule has 0 bridgehead atoms. The minimum Gasteiger partial charge on any atom is -0.369 e. The van der Waals surface area contributed by atoms with E-state index in [2.05, 4.69) is 4.98 Å². The van der Waals surface area contributed by atoms with Gasteiger partial charge >= 0.3 is 0 Å². The van der Waals surface area contributed by atoms with Gasteiger partial charge in [0.2, 0.25) is 0 Å². The van der Waals surface area contributed by atoms with Gasteiger partial charge in [-0.3, -0.25) is 9.78 Å². The summed E-state index contributed by atoms with van der Waals surface area (Å²) in [7, 11) is -1.03. The maximum Gasteiger partial charge on any atom is 0.178 e. The molecule has 0 amide bonds. The first-order valence-electron chi connectivity index (χ1n) is 5.79. The lowest BCUT2D eigenvalue weighted by Gasteiger charge is -2.25. The highest BCUT2D eigenvalue weighted by atomic mass is 32.2. The van der Waals surface area contributed by atoms with Crippen molar-refractivity contribution in [2.24, 2.45) is 0 Å². The number of hydrogen-bond donors (Lipinski definition) is 0. The average Bonchev–Trinajstić information content (AvgIpc) is 2.69. The number of hydrogen-bond acceptors (Lipinski definition) is 5. The highest BCUT2D eigenvalue weighted by Crippen LogP contribution is 2.22. The zero-order valence-electron chi connectivity index (χ0n) is 10.5. The number of aromatic nitrogens is 1. The number of carbonyl (C=O) groups excluding carboxylic acids is 1. The maximum atomic E-state index is 11.4. The van der Waals surface area contributed by atoms with Gasteiger partial charge in [-0.05, 0) is 18.6 Å². The molecule has 1 aromatic rings. The lowest BCUT2D eigenvalue weighted by molar-refractivity contribution is 0.101. The Labute approximate surface area is 107 Å². The van der Waals surface area contributed by atoms with Crippen molar-refractivity contribution < 1.29 is 13.2 Å². The Morgan fingerprint density at radius 1 is 1.44 bits per heavy atom. The molecule has 1 fully saturated rings. The third-order valence-electron chi connectivity index (χ3n) is 3.27. The van der Waals surface area contributed by atoms with Crippen molar-refractivity contribution in [1.82, 2.24) is 4.98 Å². The number of sulfone groups is 1. The van der Waals surface area contributed by atoms with Crippen molar-refractivity contribution in [2.45, 2.75) is 19.4 Å². The second kappa shape index (κ2) is 4.68. The van der Waals surface area contributed by atoms with Crippen molar-refractivity contribution in [3.63, 3.8) is 0 Å². The molecular weight excluding hydrogens is 252 g/mol. The van der Waals surface area contributed by atoms with Crippen LogP contribution in [0.2, 0.25) is 0 Å². The van der Waals surface area contributed by atoms with E-state index in [0.717, 1.165) is 5.69 Å². The molecule has 18 heavy (non-hydrogen) atoms. The number of nitrogens with zero attached hydrogens (tertiary/aromatic N) is 2. The largest absolute Gasteiger partial charge is 0.369 e. The summed E-state index contributed by atoms with van der Waals surface area (Å²) >= 11 is 0. The number of Topliss-reactive ketones (excluding diaryl/α,β-unsaturated/α-hetero) is 1. The second-order valence-electron chi connectivity index (χ2n) is 4.63. The summed E-state index contributed by atoms with van der Waals surface area (Å²) in [5, 5.41) is 0. The van der Waals surface area contributed by atoms with Crippen molar-refractivity contribution in [2.75, 3.05) is 23.5 Å². The molecule has 0 spiro atoms. The van der Waals surface area contributed by atoms with E-state index < -0.39 is 9.84 Å². The van der Waals surface area contributed by atoms with Crippen LogP contribution < -0.4 is 4.90 Å². The topological polar surface area (TPSA) is 67.3 Å². The molecule has 0 aliphatic carbocycles. The molecule has 1 unspecified atom stereocenters. The van der Waals surface area contributed by atoms with Gasteiger partial charge in [0, 0.05) is 20.0 Å². The van der Waals surface area contributed by atoms with Crippen molar-refractivity contribution in [1.29, 1.82) is 0 Å². The minimum atomic E-state index is -2.89. The second-order valence-corrected chi connectivity index (χ2v) is 6.85. The van der Waals surface area contributed by atoms with Crippen LogP contribution in [0.1, 0.15) is 23.8 Å².